The highest BCUT2D eigenvalue weighted by atomic mass is 16.2. The molecule has 5 nitrogen and oxygen atoms in total. The van der Waals surface area contributed by atoms with Crippen molar-refractivity contribution in [3.63, 3.8) is 0 Å². The Morgan fingerprint density at radius 3 is 2.30 bits per heavy atom. The van der Waals surface area contributed by atoms with Crippen LogP contribution in [-0.2, 0) is 9.59 Å². The van der Waals surface area contributed by atoms with E-state index in [0.29, 0.717) is 12.6 Å². The molecule has 0 aromatic carbocycles. The topological polar surface area (TPSA) is 75.4 Å². The third kappa shape index (κ3) is 4.47. The van der Waals surface area contributed by atoms with E-state index in [1.54, 1.807) is 0 Å². The molecular weight excluding hydrogens is 254 g/mol. The van der Waals surface area contributed by atoms with Crippen molar-refractivity contribution in [3.8, 4) is 0 Å². The molecule has 20 heavy (non-hydrogen) atoms. The summed E-state index contributed by atoms with van der Waals surface area (Å²) in [5.74, 6) is -0.253. The zero-order valence-corrected chi connectivity index (χ0v) is 12.3. The van der Waals surface area contributed by atoms with Crippen LogP contribution in [0.25, 0.3) is 0 Å². The molecule has 1 heterocycles. The lowest BCUT2D eigenvalue weighted by atomic mass is 10.0. The third-order valence-electron chi connectivity index (χ3n) is 4.51. The molecule has 5 heteroatoms. The maximum absolute atomic E-state index is 12.2. The first-order valence-corrected chi connectivity index (χ1v) is 7.99. The van der Waals surface area contributed by atoms with Crippen LogP contribution in [0.4, 0.5) is 0 Å². The van der Waals surface area contributed by atoms with E-state index in [-0.39, 0.29) is 17.9 Å². The molecule has 0 aromatic heterocycles. The summed E-state index contributed by atoms with van der Waals surface area (Å²) in [4.78, 5) is 25.5. The Hall–Kier alpha value is -1.10. The van der Waals surface area contributed by atoms with Gasteiger partial charge in [-0.15, -0.1) is 0 Å². The van der Waals surface area contributed by atoms with Crippen LogP contribution >= 0.6 is 0 Å². The van der Waals surface area contributed by atoms with Gasteiger partial charge in [-0.05, 0) is 32.2 Å². The van der Waals surface area contributed by atoms with E-state index in [2.05, 4.69) is 5.32 Å². The van der Waals surface area contributed by atoms with Gasteiger partial charge < -0.3 is 11.1 Å². The van der Waals surface area contributed by atoms with E-state index in [9.17, 15) is 9.59 Å². The largest absolute Gasteiger partial charge is 0.368 e. The number of carbonyl (C=O) groups is 2. The summed E-state index contributed by atoms with van der Waals surface area (Å²) in [7, 11) is 0. The number of piperidine rings is 1. The molecule has 1 aliphatic carbocycles. The number of nitrogens with one attached hydrogen (secondary N) is 1. The van der Waals surface area contributed by atoms with Crippen LogP contribution in [0.2, 0.25) is 0 Å². The molecule has 2 aliphatic rings. The molecule has 0 unspecified atom stereocenters. The first-order valence-electron chi connectivity index (χ1n) is 7.99. The van der Waals surface area contributed by atoms with Crippen molar-refractivity contribution in [1.29, 1.82) is 0 Å². The lowest BCUT2D eigenvalue weighted by Crippen LogP contribution is -2.52. The predicted octanol–water partition coefficient (Wildman–Crippen LogP) is 1.17. The molecule has 1 atom stereocenters. The summed E-state index contributed by atoms with van der Waals surface area (Å²) in [5.41, 5.74) is 5.43. The fourth-order valence-electron chi connectivity index (χ4n) is 3.38. The van der Waals surface area contributed by atoms with E-state index in [0.717, 1.165) is 38.6 Å². The number of primary amides is 1. The molecule has 0 radical (unpaired) electrons. The fourth-order valence-corrected chi connectivity index (χ4v) is 3.38. The highest BCUT2D eigenvalue weighted by Gasteiger charge is 2.28. The average molecular weight is 281 g/mol. The lowest BCUT2D eigenvalue weighted by molar-refractivity contribution is -0.128. The molecule has 2 amide bonds. The minimum atomic E-state index is -0.299. The molecule has 1 saturated carbocycles. The number of nitrogens with zero attached hydrogens (tertiary/aromatic N) is 1. The molecule has 0 bridgehead atoms. The van der Waals surface area contributed by atoms with Gasteiger partial charge in [0.2, 0.25) is 11.8 Å². The highest BCUT2D eigenvalue weighted by Crippen LogP contribution is 2.18. The number of hydrogen-bond acceptors (Lipinski definition) is 3. The summed E-state index contributed by atoms with van der Waals surface area (Å²) in [6.07, 6.45) is 10.00. The molecule has 114 valence electrons. The first-order chi connectivity index (χ1) is 9.66. The van der Waals surface area contributed by atoms with Gasteiger partial charge in [0, 0.05) is 6.04 Å². The first kappa shape index (κ1) is 15.3. The van der Waals surface area contributed by atoms with Crippen LogP contribution < -0.4 is 11.1 Å². The third-order valence-corrected chi connectivity index (χ3v) is 4.51. The molecule has 0 spiro atoms. The Bertz CT molecular complexity index is 338. The Kier molecular flexibility index (Phi) is 5.83. The van der Waals surface area contributed by atoms with E-state index in [4.69, 9.17) is 5.73 Å². The molecular formula is C15H27N3O2. The molecule has 2 rings (SSSR count). The Balaban J connectivity index is 1.81. The van der Waals surface area contributed by atoms with Crippen LogP contribution in [0, 0.1) is 0 Å². The van der Waals surface area contributed by atoms with Crippen molar-refractivity contribution in [1.82, 2.24) is 10.2 Å². The summed E-state index contributed by atoms with van der Waals surface area (Å²) in [5, 5.41) is 3.13. The van der Waals surface area contributed by atoms with Crippen molar-refractivity contribution in [2.45, 2.75) is 69.9 Å². The van der Waals surface area contributed by atoms with Crippen LogP contribution in [-0.4, -0.2) is 41.9 Å². The van der Waals surface area contributed by atoms with Crippen LogP contribution in [0.1, 0.15) is 57.8 Å². The van der Waals surface area contributed by atoms with Crippen LogP contribution in [0.3, 0.4) is 0 Å². The minimum absolute atomic E-state index is 0.0463. The number of nitrogens with two attached hydrogens (primary N) is 1. The number of rotatable bonds is 4. The molecule has 3 N–H and O–H groups in total. The zero-order chi connectivity index (χ0) is 14.4. The van der Waals surface area contributed by atoms with Gasteiger partial charge in [-0.2, -0.15) is 0 Å². The lowest BCUT2D eigenvalue weighted by Gasteiger charge is -2.33. The quantitative estimate of drug-likeness (QED) is 0.759. The smallest absolute Gasteiger partial charge is 0.234 e. The summed E-state index contributed by atoms with van der Waals surface area (Å²) in [6.45, 7) is 1.11. The average Bonchev–Trinajstić information content (AvgIpc) is 2.67. The molecule has 1 saturated heterocycles. The van der Waals surface area contributed by atoms with Gasteiger partial charge in [-0.25, -0.2) is 0 Å². The summed E-state index contributed by atoms with van der Waals surface area (Å²) in [6, 6.07) is 0.0606. The van der Waals surface area contributed by atoms with Crippen molar-refractivity contribution < 1.29 is 9.59 Å². The Labute approximate surface area is 121 Å². The maximum Gasteiger partial charge on any atom is 0.234 e. The fraction of sp³-hybridized carbons (Fsp3) is 0.867. The van der Waals surface area contributed by atoms with Crippen molar-refractivity contribution in [3.05, 3.63) is 0 Å². The van der Waals surface area contributed by atoms with Gasteiger partial charge in [0.1, 0.15) is 0 Å². The summed E-state index contributed by atoms with van der Waals surface area (Å²) >= 11 is 0. The zero-order valence-electron chi connectivity index (χ0n) is 12.3. The van der Waals surface area contributed by atoms with E-state index >= 15 is 0 Å². The van der Waals surface area contributed by atoms with Gasteiger partial charge in [0.15, 0.2) is 0 Å². The second-order valence-corrected chi connectivity index (χ2v) is 6.14. The Morgan fingerprint density at radius 2 is 1.65 bits per heavy atom. The highest BCUT2D eigenvalue weighted by molar-refractivity contribution is 5.82. The van der Waals surface area contributed by atoms with Gasteiger partial charge >= 0.3 is 0 Å². The van der Waals surface area contributed by atoms with Gasteiger partial charge in [0.25, 0.3) is 0 Å². The molecule has 0 aromatic rings. The monoisotopic (exact) mass is 281 g/mol. The van der Waals surface area contributed by atoms with Crippen LogP contribution in [0.15, 0.2) is 0 Å². The van der Waals surface area contributed by atoms with Gasteiger partial charge in [-0.3, -0.25) is 14.5 Å². The normalized spacial score (nSPS) is 25.9. The van der Waals surface area contributed by atoms with Crippen molar-refractivity contribution >= 4 is 11.8 Å². The number of likely N-dealkylation sites (tertiary alicyclic amines) is 1. The number of amides is 2. The number of carbonyl (C=O) groups excluding carboxylic acids is 2. The predicted molar refractivity (Wildman–Crippen MR) is 78.0 cm³/mol. The van der Waals surface area contributed by atoms with E-state index in [1.165, 1.54) is 25.7 Å². The van der Waals surface area contributed by atoms with Crippen molar-refractivity contribution in [2.75, 3.05) is 13.1 Å². The van der Waals surface area contributed by atoms with Crippen molar-refractivity contribution in [2.24, 2.45) is 5.73 Å². The molecule has 2 fully saturated rings. The van der Waals surface area contributed by atoms with E-state index in [1.807, 2.05) is 4.90 Å². The van der Waals surface area contributed by atoms with E-state index < -0.39 is 0 Å². The second kappa shape index (κ2) is 7.62. The summed E-state index contributed by atoms with van der Waals surface area (Å²) < 4.78 is 0. The van der Waals surface area contributed by atoms with Gasteiger partial charge in [-0.1, -0.05) is 32.1 Å². The SMILES string of the molecule is NC(=O)[C@H]1CCCCN1CC(=O)NC1CCCCCC1. The molecule has 1 aliphatic heterocycles. The Morgan fingerprint density at radius 1 is 1.00 bits per heavy atom. The standard InChI is InChI=1S/C15H27N3O2/c16-15(20)13-9-5-6-10-18(13)11-14(19)17-12-7-3-1-2-4-8-12/h12-13H,1-11H2,(H2,16,20)(H,17,19)/t13-/m1/s1. The van der Waals surface area contributed by atoms with Crippen LogP contribution in [0.5, 0.6) is 0 Å². The van der Waals surface area contributed by atoms with Gasteiger partial charge in [0.05, 0.1) is 12.6 Å². The maximum atomic E-state index is 12.2. The second-order valence-electron chi connectivity index (χ2n) is 6.14. The minimum Gasteiger partial charge on any atom is -0.368 e. The number of hydrogen-bond donors (Lipinski definition) is 2.